The second kappa shape index (κ2) is 8.63. The average molecular weight is 496 g/mol. The van der Waals surface area contributed by atoms with Crippen LogP contribution in [-0.4, -0.2) is 39.8 Å². The van der Waals surface area contributed by atoms with Gasteiger partial charge in [0.05, 0.1) is 24.7 Å². The lowest BCUT2D eigenvalue weighted by Crippen LogP contribution is -2.43. The highest BCUT2D eigenvalue weighted by atomic mass is 79.9. The van der Waals surface area contributed by atoms with Crippen molar-refractivity contribution >= 4 is 55.6 Å². The van der Waals surface area contributed by atoms with Crippen molar-refractivity contribution in [3.8, 4) is 5.75 Å². The van der Waals surface area contributed by atoms with Gasteiger partial charge in [0.15, 0.2) is 11.4 Å². The maximum absolute atomic E-state index is 12.1. The molecule has 1 N–H and O–H groups in total. The van der Waals surface area contributed by atoms with Crippen molar-refractivity contribution in [2.75, 3.05) is 18.1 Å². The molecule has 1 aromatic rings. The normalized spacial score (nSPS) is 18.9. The number of benzene rings is 1. The standard InChI is InChI=1S/C18H25Br2NO3S/c1-18(2)12-13-6-4-8-15(16(13)24-18)21(3,17(22)23)25-11-9-14(20)7-5-10-19/h4,6,8,14H,5,7,9-12H2,1-3H3/p+1. The molecule has 140 valence electrons. The number of hydrogen-bond donors (Lipinski definition) is 1. The number of nitrogens with zero attached hydrogens (tertiary/aromatic N) is 1. The van der Waals surface area contributed by atoms with E-state index in [0.29, 0.717) is 10.5 Å². The highest BCUT2D eigenvalue weighted by molar-refractivity contribution is 9.09. The molecule has 0 fully saturated rings. The number of fused-ring (bicyclic) bond motifs is 1. The maximum Gasteiger partial charge on any atom is 0.530 e. The van der Waals surface area contributed by atoms with Crippen molar-refractivity contribution in [2.24, 2.45) is 0 Å². The van der Waals surface area contributed by atoms with E-state index in [-0.39, 0.29) is 9.49 Å². The minimum absolute atomic E-state index is 0.225. The van der Waals surface area contributed by atoms with E-state index in [0.717, 1.165) is 48.1 Å². The lowest BCUT2D eigenvalue weighted by atomic mass is 10.0. The minimum atomic E-state index is -0.877. The first-order valence-electron chi connectivity index (χ1n) is 8.45. The summed E-state index contributed by atoms with van der Waals surface area (Å²) in [6, 6.07) is 5.83. The molecule has 7 heteroatoms. The Morgan fingerprint density at radius 1 is 1.44 bits per heavy atom. The van der Waals surface area contributed by atoms with Gasteiger partial charge in [-0.1, -0.05) is 44.0 Å². The topological polar surface area (TPSA) is 46.5 Å². The van der Waals surface area contributed by atoms with Crippen molar-refractivity contribution in [1.82, 2.24) is 3.89 Å². The SMILES string of the molecule is CC1(C)Cc2cccc([N+](C)(SCCC(Br)CCCBr)C(=O)O)c2O1. The molecule has 25 heavy (non-hydrogen) atoms. The summed E-state index contributed by atoms with van der Waals surface area (Å²) < 4.78 is 5.87. The summed E-state index contributed by atoms with van der Waals surface area (Å²) in [6.07, 6.45) is 3.05. The van der Waals surface area contributed by atoms with Crippen LogP contribution in [0.1, 0.15) is 38.7 Å². The second-order valence-corrected chi connectivity index (χ2v) is 10.5. The molecule has 2 unspecified atom stereocenters. The van der Waals surface area contributed by atoms with Crippen LogP contribution in [0.5, 0.6) is 5.75 Å². The first kappa shape index (κ1) is 21.1. The number of carbonyl (C=O) groups is 1. The summed E-state index contributed by atoms with van der Waals surface area (Å²) in [5, 5.41) is 10.9. The molecule has 0 spiro atoms. The molecule has 0 radical (unpaired) electrons. The number of amides is 1. The van der Waals surface area contributed by atoms with Crippen molar-refractivity contribution in [3.05, 3.63) is 23.8 Å². The van der Waals surface area contributed by atoms with Crippen LogP contribution in [-0.2, 0) is 6.42 Å². The van der Waals surface area contributed by atoms with Crippen LogP contribution in [0.25, 0.3) is 0 Å². The number of quaternary nitrogens is 1. The van der Waals surface area contributed by atoms with Crippen molar-refractivity contribution in [3.63, 3.8) is 0 Å². The van der Waals surface area contributed by atoms with Gasteiger partial charge in [0.25, 0.3) is 0 Å². The Labute approximate surface area is 171 Å². The van der Waals surface area contributed by atoms with Crippen LogP contribution >= 0.6 is 43.8 Å². The molecule has 1 aromatic carbocycles. The Bertz CT molecular complexity index is 626. The van der Waals surface area contributed by atoms with Gasteiger partial charge in [0.1, 0.15) is 5.60 Å². The molecular weight excluding hydrogens is 470 g/mol. The average Bonchev–Trinajstić information content (AvgIpc) is 2.85. The summed E-state index contributed by atoms with van der Waals surface area (Å²) >= 11 is 8.56. The van der Waals surface area contributed by atoms with Crippen LogP contribution < -0.4 is 8.63 Å². The zero-order valence-corrected chi connectivity index (χ0v) is 18.9. The molecule has 2 rings (SSSR count). The Kier molecular flexibility index (Phi) is 7.27. The van der Waals surface area contributed by atoms with E-state index in [2.05, 4.69) is 31.9 Å². The lowest BCUT2D eigenvalue weighted by Gasteiger charge is -2.27. The van der Waals surface area contributed by atoms with E-state index in [1.54, 1.807) is 7.05 Å². The summed E-state index contributed by atoms with van der Waals surface area (Å²) in [7, 11) is 1.74. The quantitative estimate of drug-likeness (QED) is 0.273. The summed E-state index contributed by atoms with van der Waals surface area (Å²) in [6.45, 7) is 4.07. The number of rotatable bonds is 8. The van der Waals surface area contributed by atoms with Gasteiger partial charge in [-0.25, -0.2) is 0 Å². The number of halogens is 2. The predicted molar refractivity (Wildman–Crippen MR) is 113 cm³/mol. The van der Waals surface area contributed by atoms with Gasteiger partial charge in [0.2, 0.25) is 0 Å². The van der Waals surface area contributed by atoms with Gasteiger partial charge >= 0.3 is 6.09 Å². The summed E-state index contributed by atoms with van der Waals surface area (Å²) in [4.78, 5) is 12.5. The second-order valence-electron chi connectivity index (χ2n) is 7.06. The molecular formula is C18H26Br2NO3S+. The fraction of sp³-hybridized carbons (Fsp3) is 0.611. The molecule has 0 bridgehead atoms. The molecule has 2 atom stereocenters. The van der Waals surface area contributed by atoms with E-state index in [1.807, 2.05) is 32.0 Å². The molecule has 0 aromatic heterocycles. The molecule has 1 amide bonds. The number of para-hydroxylation sites is 1. The van der Waals surface area contributed by atoms with E-state index >= 15 is 0 Å². The summed E-state index contributed by atoms with van der Waals surface area (Å²) in [5.41, 5.74) is 1.51. The number of hydrogen-bond acceptors (Lipinski definition) is 3. The van der Waals surface area contributed by atoms with Gasteiger partial charge in [-0.15, -0.1) is 3.89 Å². The number of carboxylic acid groups (broad SMARTS) is 1. The Morgan fingerprint density at radius 2 is 2.16 bits per heavy atom. The Morgan fingerprint density at radius 3 is 2.80 bits per heavy atom. The molecule has 1 heterocycles. The molecule has 1 aliphatic rings. The van der Waals surface area contributed by atoms with Gasteiger partial charge in [-0.2, -0.15) is 4.79 Å². The van der Waals surface area contributed by atoms with Gasteiger partial charge < -0.3 is 9.84 Å². The monoisotopic (exact) mass is 494 g/mol. The summed E-state index contributed by atoms with van der Waals surface area (Å²) in [5.74, 6) is 1.49. The highest BCUT2D eigenvalue weighted by Gasteiger charge is 2.43. The highest BCUT2D eigenvalue weighted by Crippen LogP contribution is 2.46. The van der Waals surface area contributed by atoms with E-state index in [4.69, 9.17) is 4.74 Å². The predicted octanol–water partition coefficient (Wildman–Crippen LogP) is 5.99. The maximum atomic E-state index is 12.1. The van der Waals surface area contributed by atoms with Crippen molar-refractivity contribution < 1.29 is 14.6 Å². The zero-order chi connectivity index (χ0) is 18.7. The first-order valence-corrected chi connectivity index (χ1v) is 11.4. The van der Waals surface area contributed by atoms with Crippen molar-refractivity contribution in [2.45, 2.75) is 50.0 Å². The van der Waals surface area contributed by atoms with Crippen LogP contribution in [0.15, 0.2) is 18.2 Å². The molecule has 1 aliphatic heterocycles. The largest absolute Gasteiger partial charge is 0.530 e. The fourth-order valence-corrected chi connectivity index (χ4v) is 5.30. The molecule has 4 nitrogen and oxygen atoms in total. The molecule has 0 saturated carbocycles. The third-order valence-corrected chi connectivity index (χ3v) is 7.09. The Hall–Kier alpha value is -0.240. The van der Waals surface area contributed by atoms with Crippen LogP contribution in [0, 0.1) is 0 Å². The third kappa shape index (κ3) is 5.15. The van der Waals surface area contributed by atoms with Gasteiger partial charge in [0, 0.05) is 28.2 Å². The zero-order valence-electron chi connectivity index (χ0n) is 14.9. The van der Waals surface area contributed by atoms with E-state index in [1.165, 1.54) is 11.9 Å². The minimum Gasteiger partial charge on any atom is -0.481 e. The van der Waals surface area contributed by atoms with Crippen LogP contribution in [0.2, 0.25) is 0 Å². The van der Waals surface area contributed by atoms with Crippen molar-refractivity contribution in [1.29, 1.82) is 0 Å². The van der Waals surface area contributed by atoms with E-state index in [9.17, 15) is 9.90 Å². The third-order valence-electron chi connectivity index (χ3n) is 4.33. The molecule has 0 aliphatic carbocycles. The smallest absolute Gasteiger partial charge is 0.481 e. The van der Waals surface area contributed by atoms with E-state index < -0.39 is 6.09 Å². The number of ether oxygens (including phenoxy) is 1. The van der Waals surface area contributed by atoms with Crippen LogP contribution in [0.4, 0.5) is 10.5 Å². The Balaban J connectivity index is 2.16. The number of alkyl halides is 2. The lowest BCUT2D eigenvalue weighted by molar-refractivity contribution is 0.136. The molecule has 0 saturated heterocycles. The van der Waals surface area contributed by atoms with Gasteiger partial charge in [-0.05, 0) is 33.1 Å². The first-order chi connectivity index (χ1) is 11.7. The van der Waals surface area contributed by atoms with Crippen LogP contribution in [0.3, 0.4) is 0 Å². The van der Waals surface area contributed by atoms with Gasteiger partial charge in [-0.3, -0.25) is 0 Å². The fourth-order valence-electron chi connectivity index (χ4n) is 2.97.